The Bertz CT molecular complexity index is 416. The molecule has 0 aliphatic heterocycles. The first-order valence-corrected chi connectivity index (χ1v) is 5.36. The molecule has 0 amide bonds. The van der Waals surface area contributed by atoms with Gasteiger partial charge in [0.2, 0.25) is 5.82 Å². The molecule has 0 atom stereocenters. The van der Waals surface area contributed by atoms with Crippen LogP contribution in [0.4, 0.5) is 11.5 Å². The van der Waals surface area contributed by atoms with Crippen LogP contribution >= 0.6 is 0 Å². The van der Waals surface area contributed by atoms with Crippen LogP contribution in [-0.4, -0.2) is 48.4 Å². The molecule has 3 N–H and O–H groups in total. The third-order valence-corrected chi connectivity index (χ3v) is 2.01. The van der Waals surface area contributed by atoms with E-state index < -0.39 is 10.6 Å². The molecule has 0 radical (unpaired) electrons. The molecule has 0 aliphatic rings. The van der Waals surface area contributed by atoms with E-state index in [1.165, 1.54) is 0 Å². The fraction of sp³-hybridized carbons (Fsp3) is 0.556. The fourth-order valence-corrected chi connectivity index (χ4v) is 1.18. The molecule has 1 aromatic rings. The van der Waals surface area contributed by atoms with Gasteiger partial charge in [0, 0.05) is 7.11 Å². The van der Waals surface area contributed by atoms with Crippen molar-refractivity contribution in [2.75, 3.05) is 39.0 Å². The van der Waals surface area contributed by atoms with Crippen LogP contribution in [0.3, 0.4) is 0 Å². The van der Waals surface area contributed by atoms with Crippen LogP contribution < -0.4 is 16.0 Å². The van der Waals surface area contributed by atoms with Crippen LogP contribution in [-0.2, 0) is 9.47 Å². The standard InChI is InChI=1S/C9H15N5O5/c1-17-2-3-18-4-5-19-9-7(14(15)16)8(13-10)11-6-12-9/h6H,2-5,10H2,1H3,(H,11,12,13). The number of hydrogen-bond donors (Lipinski definition) is 2. The van der Waals surface area contributed by atoms with Crippen molar-refractivity contribution in [1.82, 2.24) is 9.97 Å². The zero-order chi connectivity index (χ0) is 14.1. The molecule has 10 nitrogen and oxygen atoms in total. The summed E-state index contributed by atoms with van der Waals surface area (Å²) in [4.78, 5) is 17.5. The molecule has 0 spiro atoms. The molecule has 106 valence electrons. The van der Waals surface area contributed by atoms with Crippen LogP contribution in [0, 0.1) is 10.1 Å². The minimum atomic E-state index is -0.670. The summed E-state index contributed by atoms with van der Waals surface area (Å²) in [6, 6.07) is 0. The van der Waals surface area contributed by atoms with E-state index in [2.05, 4.69) is 15.4 Å². The summed E-state index contributed by atoms with van der Waals surface area (Å²) >= 11 is 0. The highest BCUT2D eigenvalue weighted by Gasteiger charge is 2.23. The molecule has 1 aromatic heterocycles. The number of aromatic nitrogens is 2. The Morgan fingerprint density at radius 3 is 2.74 bits per heavy atom. The summed E-state index contributed by atoms with van der Waals surface area (Å²) in [5.74, 6) is 4.85. The molecule has 0 saturated carbocycles. The lowest BCUT2D eigenvalue weighted by molar-refractivity contribution is -0.385. The van der Waals surface area contributed by atoms with Crippen LogP contribution in [0.2, 0.25) is 0 Å². The quantitative estimate of drug-likeness (QED) is 0.269. The number of methoxy groups -OCH3 is 1. The molecule has 0 bridgehead atoms. The van der Waals surface area contributed by atoms with E-state index in [0.717, 1.165) is 6.33 Å². The highest BCUT2D eigenvalue weighted by molar-refractivity contribution is 5.60. The van der Waals surface area contributed by atoms with Gasteiger partial charge in [0.05, 0.1) is 24.7 Å². The zero-order valence-corrected chi connectivity index (χ0v) is 10.4. The van der Waals surface area contributed by atoms with Gasteiger partial charge in [-0.2, -0.15) is 4.98 Å². The number of nitrogen functional groups attached to an aromatic ring is 1. The first-order valence-electron chi connectivity index (χ1n) is 5.36. The predicted molar refractivity (Wildman–Crippen MR) is 64.7 cm³/mol. The first kappa shape index (κ1) is 15.0. The molecular formula is C9H15N5O5. The average Bonchev–Trinajstić information content (AvgIpc) is 2.42. The molecule has 1 rings (SSSR count). The van der Waals surface area contributed by atoms with Gasteiger partial charge in [0.25, 0.3) is 5.88 Å². The Morgan fingerprint density at radius 1 is 1.37 bits per heavy atom. The van der Waals surface area contributed by atoms with Gasteiger partial charge in [-0.15, -0.1) is 0 Å². The lowest BCUT2D eigenvalue weighted by atomic mass is 10.4. The Labute approximate surface area is 109 Å². The van der Waals surface area contributed by atoms with Gasteiger partial charge in [0.15, 0.2) is 0 Å². The molecule has 10 heteroatoms. The Kier molecular flexibility index (Phi) is 6.43. The normalized spacial score (nSPS) is 10.2. The Hall–Kier alpha value is -2.04. The highest BCUT2D eigenvalue weighted by atomic mass is 16.6. The number of anilines is 1. The molecule has 1 heterocycles. The highest BCUT2D eigenvalue weighted by Crippen LogP contribution is 2.29. The summed E-state index contributed by atoms with van der Waals surface area (Å²) in [6.07, 6.45) is 1.11. The monoisotopic (exact) mass is 273 g/mol. The van der Waals surface area contributed by atoms with Crippen LogP contribution in [0.5, 0.6) is 5.88 Å². The van der Waals surface area contributed by atoms with Crippen molar-refractivity contribution in [2.24, 2.45) is 5.84 Å². The molecule has 0 fully saturated rings. The van der Waals surface area contributed by atoms with Gasteiger partial charge in [-0.25, -0.2) is 10.8 Å². The van der Waals surface area contributed by atoms with E-state index in [1.807, 2.05) is 0 Å². The van der Waals surface area contributed by atoms with E-state index in [0.29, 0.717) is 13.2 Å². The van der Waals surface area contributed by atoms with Gasteiger partial charge in [-0.05, 0) is 0 Å². The van der Waals surface area contributed by atoms with E-state index >= 15 is 0 Å². The number of nitrogens with one attached hydrogen (secondary N) is 1. The molecule has 0 saturated heterocycles. The second-order valence-corrected chi connectivity index (χ2v) is 3.23. The number of nitrogens with two attached hydrogens (primary N) is 1. The van der Waals surface area contributed by atoms with E-state index in [1.54, 1.807) is 7.11 Å². The zero-order valence-electron chi connectivity index (χ0n) is 10.4. The maximum absolute atomic E-state index is 10.9. The van der Waals surface area contributed by atoms with Crippen molar-refractivity contribution >= 4 is 11.5 Å². The van der Waals surface area contributed by atoms with Gasteiger partial charge >= 0.3 is 5.69 Å². The van der Waals surface area contributed by atoms with Crippen molar-refractivity contribution in [1.29, 1.82) is 0 Å². The molecule has 0 unspecified atom stereocenters. The minimum absolute atomic E-state index is 0.115. The van der Waals surface area contributed by atoms with Gasteiger partial charge in [0.1, 0.15) is 12.9 Å². The van der Waals surface area contributed by atoms with E-state index in [4.69, 9.17) is 20.1 Å². The third-order valence-electron chi connectivity index (χ3n) is 2.01. The lowest BCUT2D eigenvalue weighted by Crippen LogP contribution is -2.14. The van der Waals surface area contributed by atoms with Crippen LogP contribution in [0.1, 0.15) is 0 Å². The Balaban J connectivity index is 2.55. The number of nitro groups is 1. The van der Waals surface area contributed by atoms with E-state index in [-0.39, 0.29) is 24.9 Å². The molecular weight excluding hydrogens is 258 g/mol. The smallest absolute Gasteiger partial charge is 0.374 e. The molecule has 0 aliphatic carbocycles. The molecule has 0 aromatic carbocycles. The summed E-state index contributed by atoms with van der Waals surface area (Å²) in [6.45, 7) is 1.26. The SMILES string of the molecule is COCCOCCOc1ncnc(NN)c1[N+](=O)[O-]. The van der Waals surface area contributed by atoms with Crippen LogP contribution in [0.25, 0.3) is 0 Å². The van der Waals surface area contributed by atoms with Crippen molar-refractivity contribution in [3.05, 3.63) is 16.4 Å². The number of rotatable bonds is 9. The van der Waals surface area contributed by atoms with Crippen molar-refractivity contribution in [3.8, 4) is 5.88 Å². The van der Waals surface area contributed by atoms with Gasteiger partial charge in [-0.1, -0.05) is 0 Å². The number of hydrazine groups is 1. The second-order valence-electron chi connectivity index (χ2n) is 3.23. The fourth-order valence-electron chi connectivity index (χ4n) is 1.18. The number of hydrogen-bond acceptors (Lipinski definition) is 9. The number of nitrogens with zero attached hydrogens (tertiary/aromatic N) is 3. The predicted octanol–water partition coefficient (Wildman–Crippen LogP) is -0.288. The van der Waals surface area contributed by atoms with Crippen molar-refractivity contribution in [2.45, 2.75) is 0 Å². The maximum atomic E-state index is 10.9. The van der Waals surface area contributed by atoms with Crippen LogP contribution in [0.15, 0.2) is 6.33 Å². The van der Waals surface area contributed by atoms with Crippen molar-refractivity contribution in [3.63, 3.8) is 0 Å². The van der Waals surface area contributed by atoms with Gasteiger partial charge < -0.3 is 19.6 Å². The lowest BCUT2D eigenvalue weighted by Gasteiger charge is -2.07. The number of ether oxygens (including phenoxy) is 3. The van der Waals surface area contributed by atoms with E-state index in [9.17, 15) is 10.1 Å². The molecule has 19 heavy (non-hydrogen) atoms. The Morgan fingerprint density at radius 2 is 2.11 bits per heavy atom. The summed E-state index contributed by atoms with van der Waals surface area (Å²) in [7, 11) is 1.56. The van der Waals surface area contributed by atoms with Gasteiger partial charge in [-0.3, -0.25) is 10.1 Å². The summed E-state index contributed by atoms with van der Waals surface area (Å²) in [5.41, 5.74) is 1.70. The first-order chi connectivity index (χ1) is 9.20. The second kappa shape index (κ2) is 8.13. The topological polar surface area (TPSA) is 135 Å². The van der Waals surface area contributed by atoms with Crippen molar-refractivity contribution < 1.29 is 19.1 Å². The maximum Gasteiger partial charge on any atom is 0.374 e. The third kappa shape index (κ3) is 4.62. The average molecular weight is 273 g/mol. The minimum Gasteiger partial charge on any atom is -0.470 e. The summed E-state index contributed by atoms with van der Waals surface area (Å²) in [5, 5.41) is 10.9. The largest absolute Gasteiger partial charge is 0.470 e. The summed E-state index contributed by atoms with van der Waals surface area (Å²) < 4.78 is 15.1.